The third-order valence-corrected chi connectivity index (χ3v) is 4.02. The van der Waals surface area contributed by atoms with Crippen molar-refractivity contribution in [3.63, 3.8) is 0 Å². The first-order chi connectivity index (χ1) is 8.36. The molecule has 1 rings (SSSR count). The first-order valence-electron chi connectivity index (χ1n) is 5.55. The van der Waals surface area contributed by atoms with Gasteiger partial charge in [-0.3, -0.25) is 4.79 Å². The van der Waals surface area contributed by atoms with Gasteiger partial charge < -0.3 is 9.84 Å². The van der Waals surface area contributed by atoms with E-state index in [9.17, 15) is 9.90 Å². The Morgan fingerprint density at radius 2 is 2.28 bits per heavy atom. The van der Waals surface area contributed by atoms with Crippen LogP contribution in [0.1, 0.15) is 20.8 Å². The number of nitrogens with zero attached hydrogens (tertiary/aromatic N) is 4. The number of rotatable bonds is 6. The molecular formula is C10H18N4O3S. The molecule has 1 unspecified atom stereocenters. The molecule has 1 heterocycles. The number of tetrazole rings is 1. The van der Waals surface area contributed by atoms with Gasteiger partial charge in [0, 0.05) is 5.75 Å². The van der Waals surface area contributed by atoms with Crippen molar-refractivity contribution in [3.05, 3.63) is 0 Å². The van der Waals surface area contributed by atoms with E-state index in [0.29, 0.717) is 10.9 Å². The summed E-state index contributed by atoms with van der Waals surface area (Å²) in [5.74, 6) is 0.154. The number of ether oxygens (including phenoxy) is 1. The Morgan fingerprint density at radius 1 is 1.61 bits per heavy atom. The number of esters is 1. The van der Waals surface area contributed by atoms with Gasteiger partial charge in [-0.25, -0.2) is 4.68 Å². The number of aromatic nitrogens is 4. The average molecular weight is 274 g/mol. The number of carbonyl (C=O) groups excluding carboxylic acids is 1. The minimum absolute atomic E-state index is 0.0321. The largest absolute Gasteiger partial charge is 0.468 e. The normalized spacial score (nSPS) is 14.6. The van der Waals surface area contributed by atoms with Crippen molar-refractivity contribution in [1.29, 1.82) is 0 Å². The number of hydrogen-bond acceptors (Lipinski definition) is 7. The van der Waals surface area contributed by atoms with Crippen molar-refractivity contribution in [2.45, 2.75) is 38.1 Å². The summed E-state index contributed by atoms with van der Waals surface area (Å²) < 4.78 is 5.90. The highest BCUT2D eigenvalue weighted by atomic mass is 32.2. The monoisotopic (exact) mass is 274 g/mol. The Kier molecular flexibility index (Phi) is 5.09. The fourth-order valence-electron chi connectivity index (χ4n) is 0.963. The summed E-state index contributed by atoms with van der Waals surface area (Å²) >= 11 is 1.31. The number of hydrogen-bond donors (Lipinski definition) is 1. The molecule has 0 fully saturated rings. The van der Waals surface area contributed by atoms with E-state index in [1.807, 2.05) is 13.8 Å². The van der Waals surface area contributed by atoms with E-state index in [0.717, 1.165) is 0 Å². The maximum atomic E-state index is 11.1. The number of methoxy groups -OCH3 is 1. The lowest BCUT2D eigenvalue weighted by Gasteiger charge is -2.26. The number of carbonyl (C=O) groups is 1. The molecule has 1 atom stereocenters. The maximum absolute atomic E-state index is 11.1. The molecular weight excluding hydrogens is 256 g/mol. The predicted molar refractivity (Wildman–Crippen MR) is 66.0 cm³/mol. The van der Waals surface area contributed by atoms with Crippen molar-refractivity contribution < 1.29 is 14.6 Å². The molecule has 0 aliphatic carbocycles. The third-order valence-electron chi connectivity index (χ3n) is 2.74. The zero-order chi connectivity index (χ0) is 13.8. The van der Waals surface area contributed by atoms with E-state index in [1.165, 1.54) is 23.6 Å². The van der Waals surface area contributed by atoms with Gasteiger partial charge in [0.25, 0.3) is 0 Å². The average Bonchev–Trinajstić information content (AvgIpc) is 2.73. The summed E-state index contributed by atoms with van der Waals surface area (Å²) in [6.07, 6.45) is 0. The van der Waals surface area contributed by atoms with Crippen molar-refractivity contribution >= 4 is 17.7 Å². The highest BCUT2D eigenvalue weighted by Crippen LogP contribution is 2.25. The fraction of sp³-hybridized carbons (Fsp3) is 0.800. The van der Waals surface area contributed by atoms with E-state index >= 15 is 0 Å². The first kappa shape index (κ1) is 14.9. The minimum Gasteiger partial charge on any atom is -0.468 e. The molecule has 1 aromatic rings. The zero-order valence-corrected chi connectivity index (χ0v) is 11.8. The van der Waals surface area contributed by atoms with Gasteiger partial charge in [-0.2, -0.15) is 0 Å². The lowest BCUT2D eigenvalue weighted by molar-refractivity contribution is -0.141. The van der Waals surface area contributed by atoms with Crippen LogP contribution in [0.5, 0.6) is 0 Å². The van der Waals surface area contributed by atoms with Gasteiger partial charge in [0.15, 0.2) is 0 Å². The van der Waals surface area contributed by atoms with Crippen LogP contribution < -0.4 is 0 Å². The molecule has 7 nitrogen and oxygen atoms in total. The molecule has 1 aromatic heterocycles. The summed E-state index contributed by atoms with van der Waals surface area (Å²) in [6, 6.07) is 0. The second-order valence-electron chi connectivity index (χ2n) is 4.50. The summed E-state index contributed by atoms with van der Waals surface area (Å²) in [5.41, 5.74) is -0.813. The molecule has 0 bridgehead atoms. The quantitative estimate of drug-likeness (QED) is 0.591. The fourth-order valence-corrected chi connectivity index (χ4v) is 2.06. The van der Waals surface area contributed by atoms with Crippen LogP contribution in [0.25, 0.3) is 0 Å². The Bertz CT molecular complexity index is 406. The second kappa shape index (κ2) is 6.14. The van der Waals surface area contributed by atoms with Gasteiger partial charge in [0.2, 0.25) is 5.16 Å². The number of thioether (sulfide) groups is 1. The Hall–Kier alpha value is -1.15. The molecule has 0 aliphatic rings. The molecule has 0 aliphatic heterocycles. The topological polar surface area (TPSA) is 90.1 Å². The highest BCUT2D eigenvalue weighted by Gasteiger charge is 2.26. The zero-order valence-electron chi connectivity index (χ0n) is 11.0. The lowest BCUT2D eigenvalue weighted by atomic mass is 9.95. The molecule has 0 radical (unpaired) electrons. The van der Waals surface area contributed by atoms with Gasteiger partial charge in [0.05, 0.1) is 12.7 Å². The first-order valence-corrected chi connectivity index (χ1v) is 6.53. The van der Waals surface area contributed by atoms with Gasteiger partial charge in [-0.05, 0) is 23.3 Å². The Labute approximate surface area is 110 Å². The van der Waals surface area contributed by atoms with E-state index in [1.54, 1.807) is 6.92 Å². The van der Waals surface area contributed by atoms with Gasteiger partial charge >= 0.3 is 5.97 Å². The van der Waals surface area contributed by atoms with Crippen LogP contribution in [0, 0.1) is 5.92 Å². The molecule has 18 heavy (non-hydrogen) atoms. The van der Waals surface area contributed by atoms with Crippen LogP contribution in [0.2, 0.25) is 0 Å². The molecule has 102 valence electrons. The standard InChI is InChI=1S/C10H18N4O3S/c1-7(2)10(3,16)6-18-9-11-12-13-14(9)5-8(15)17-4/h7,16H,5-6H2,1-4H3. The molecule has 0 saturated heterocycles. The maximum Gasteiger partial charge on any atom is 0.327 e. The molecule has 0 amide bonds. The molecule has 0 aromatic carbocycles. The highest BCUT2D eigenvalue weighted by molar-refractivity contribution is 7.99. The van der Waals surface area contributed by atoms with Crippen LogP contribution in [0.3, 0.4) is 0 Å². The van der Waals surface area contributed by atoms with Crippen molar-refractivity contribution in [1.82, 2.24) is 20.2 Å². The summed E-state index contributed by atoms with van der Waals surface area (Å²) in [6.45, 7) is 5.62. The SMILES string of the molecule is COC(=O)Cn1nnnc1SCC(C)(O)C(C)C. The van der Waals surface area contributed by atoms with Crippen LogP contribution in [-0.2, 0) is 16.1 Å². The second-order valence-corrected chi connectivity index (χ2v) is 5.44. The summed E-state index contributed by atoms with van der Waals surface area (Å²) in [4.78, 5) is 11.1. The van der Waals surface area contributed by atoms with Crippen LogP contribution in [0.15, 0.2) is 5.16 Å². The smallest absolute Gasteiger partial charge is 0.327 e. The van der Waals surface area contributed by atoms with Crippen LogP contribution >= 0.6 is 11.8 Å². The Balaban J connectivity index is 2.63. The van der Waals surface area contributed by atoms with Crippen molar-refractivity contribution in [3.8, 4) is 0 Å². The molecule has 0 saturated carbocycles. The van der Waals surface area contributed by atoms with Gasteiger partial charge in [0.1, 0.15) is 6.54 Å². The van der Waals surface area contributed by atoms with Gasteiger partial charge in [-0.15, -0.1) is 5.10 Å². The minimum atomic E-state index is -0.813. The van der Waals surface area contributed by atoms with Crippen molar-refractivity contribution in [2.75, 3.05) is 12.9 Å². The van der Waals surface area contributed by atoms with Gasteiger partial charge in [-0.1, -0.05) is 25.6 Å². The number of aliphatic hydroxyl groups is 1. The third kappa shape index (κ3) is 3.95. The van der Waals surface area contributed by atoms with Crippen molar-refractivity contribution in [2.24, 2.45) is 5.92 Å². The van der Waals surface area contributed by atoms with Crippen LogP contribution in [-0.4, -0.2) is 49.7 Å². The molecule has 1 N–H and O–H groups in total. The molecule has 0 spiro atoms. The predicted octanol–water partition coefficient (Wildman–Crippen LogP) is 0.345. The van der Waals surface area contributed by atoms with E-state index < -0.39 is 11.6 Å². The van der Waals surface area contributed by atoms with Crippen LogP contribution in [0.4, 0.5) is 0 Å². The Morgan fingerprint density at radius 3 is 2.83 bits per heavy atom. The molecule has 8 heteroatoms. The van der Waals surface area contributed by atoms with E-state index in [2.05, 4.69) is 20.3 Å². The van der Waals surface area contributed by atoms with E-state index in [4.69, 9.17) is 0 Å². The summed E-state index contributed by atoms with van der Waals surface area (Å²) in [5, 5.41) is 21.6. The lowest BCUT2D eigenvalue weighted by Crippen LogP contribution is -2.34. The van der Waals surface area contributed by atoms with E-state index in [-0.39, 0.29) is 12.5 Å². The summed E-state index contributed by atoms with van der Waals surface area (Å²) in [7, 11) is 1.31.